The van der Waals surface area contributed by atoms with Crippen LogP contribution in [0.25, 0.3) is 11.1 Å². The maximum atomic E-state index is 13.2. The fraction of sp³-hybridized carbons (Fsp3) is 0.393. The second kappa shape index (κ2) is 12.2. The summed E-state index contributed by atoms with van der Waals surface area (Å²) in [5.74, 6) is -0.827. The van der Waals surface area contributed by atoms with E-state index in [1.54, 1.807) is 6.92 Å². The van der Waals surface area contributed by atoms with Crippen LogP contribution < -0.4 is 5.32 Å². The van der Waals surface area contributed by atoms with Crippen molar-refractivity contribution in [2.75, 3.05) is 26.3 Å². The maximum absolute atomic E-state index is 13.2. The second-order valence-corrected chi connectivity index (χ2v) is 8.96. The summed E-state index contributed by atoms with van der Waals surface area (Å²) in [7, 11) is 0. The molecule has 1 aliphatic rings. The number of ether oxygens (including phenoxy) is 2. The highest BCUT2D eigenvalue weighted by Crippen LogP contribution is 2.44. The molecule has 0 aliphatic heterocycles. The Kier molecular flexibility index (Phi) is 9.06. The van der Waals surface area contributed by atoms with Crippen LogP contribution in [0.5, 0.6) is 0 Å². The van der Waals surface area contributed by atoms with E-state index in [2.05, 4.69) is 36.2 Å². The van der Waals surface area contributed by atoms with Crippen LogP contribution >= 0.6 is 0 Å². The zero-order valence-electron chi connectivity index (χ0n) is 20.7. The van der Waals surface area contributed by atoms with E-state index in [1.807, 2.05) is 38.1 Å². The molecule has 186 valence electrons. The fourth-order valence-corrected chi connectivity index (χ4v) is 4.45. The zero-order valence-corrected chi connectivity index (χ0v) is 20.7. The molecule has 7 nitrogen and oxygen atoms in total. The molecular formula is C28H34N2O5. The highest BCUT2D eigenvalue weighted by atomic mass is 16.5. The topological polar surface area (TPSA) is 84.9 Å². The number of alkyl carbamates (subject to hydrolysis) is 1. The summed E-state index contributed by atoms with van der Waals surface area (Å²) >= 11 is 0. The lowest BCUT2D eigenvalue weighted by molar-refractivity contribution is -0.149. The number of carbonyl (C=O) groups excluding carboxylic acids is 3. The summed E-state index contributed by atoms with van der Waals surface area (Å²) in [5.41, 5.74) is 4.51. The first-order valence-corrected chi connectivity index (χ1v) is 12.0. The van der Waals surface area contributed by atoms with E-state index < -0.39 is 18.1 Å². The smallest absolute Gasteiger partial charge is 0.407 e. The summed E-state index contributed by atoms with van der Waals surface area (Å²) in [6, 6.07) is 15.4. The molecule has 0 aromatic heterocycles. The van der Waals surface area contributed by atoms with Gasteiger partial charge in [-0.1, -0.05) is 68.5 Å². The molecule has 0 saturated carbocycles. The van der Waals surface area contributed by atoms with E-state index in [-0.39, 0.29) is 44.0 Å². The Morgan fingerprint density at radius 2 is 1.63 bits per heavy atom. The van der Waals surface area contributed by atoms with Crippen LogP contribution in [0.2, 0.25) is 0 Å². The zero-order chi connectivity index (χ0) is 25.4. The number of fused-ring (bicyclic) bond motifs is 3. The Hall–Kier alpha value is -3.61. The van der Waals surface area contributed by atoms with E-state index in [4.69, 9.17) is 9.47 Å². The minimum Gasteiger partial charge on any atom is -0.465 e. The Labute approximate surface area is 207 Å². The van der Waals surface area contributed by atoms with Gasteiger partial charge in [0, 0.05) is 12.5 Å². The molecule has 1 aliphatic carbocycles. The largest absolute Gasteiger partial charge is 0.465 e. The molecule has 0 spiro atoms. The molecule has 3 rings (SSSR count). The third-order valence-corrected chi connectivity index (χ3v) is 5.93. The van der Waals surface area contributed by atoms with Gasteiger partial charge in [0.25, 0.3) is 0 Å². The van der Waals surface area contributed by atoms with Crippen LogP contribution in [0.15, 0.2) is 61.2 Å². The number of carbonyl (C=O) groups is 3. The summed E-state index contributed by atoms with van der Waals surface area (Å²) in [5, 5.41) is 2.73. The quantitative estimate of drug-likeness (QED) is 0.379. The van der Waals surface area contributed by atoms with Gasteiger partial charge in [-0.15, -0.1) is 6.58 Å². The van der Waals surface area contributed by atoms with Crippen molar-refractivity contribution in [3.63, 3.8) is 0 Å². The van der Waals surface area contributed by atoms with Crippen LogP contribution in [-0.2, 0) is 19.1 Å². The third kappa shape index (κ3) is 6.50. The second-order valence-electron chi connectivity index (χ2n) is 8.96. The first-order chi connectivity index (χ1) is 16.8. The molecule has 0 saturated heterocycles. The van der Waals surface area contributed by atoms with Crippen molar-refractivity contribution in [1.29, 1.82) is 0 Å². The Balaban J connectivity index is 1.69. The monoisotopic (exact) mass is 478 g/mol. The molecule has 2 aromatic rings. The molecule has 0 unspecified atom stereocenters. The number of hydrogen-bond acceptors (Lipinski definition) is 5. The normalized spacial score (nSPS) is 12.9. The molecule has 0 heterocycles. The lowest BCUT2D eigenvalue weighted by atomic mass is 9.98. The number of amides is 2. The minimum absolute atomic E-state index is 0.0755. The van der Waals surface area contributed by atoms with E-state index in [0.29, 0.717) is 6.42 Å². The third-order valence-electron chi connectivity index (χ3n) is 5.93. The number of nitrogens with zero attached hydrogens (tertiary/aromatic N) is 1. The SMILES string of the molecule is C=CCN(CC(=O)OCC)C(=O)[C@H](CC(C)C)NC(=O)OCC1c2ccccc2-c2ccccc21. The number of esters is 1. The molecule has 1 atom stereocenters. The first-order valence-electron chi connectivity index (χ1n) is 12.0. The van der Waals surface area contributed by atoms with Crippen molar-refractivity contribution in [2.45, 2.75) is 39.2 Å². The summed E-state index contributed by atoms with van der Waals surface area (Å²) < 4.78 is 10.6. The standard InChI is InChI=1S/C28H34N2O5/c1-5-15-30(17-26(31)34-6-2)27(32)25(16-19(3)4)29-28(33)35-18-24-22-13-9-7-11-20(22)21-12-8-10-14-23(21)24/h5,7-14,19,24-25H,1,6,15-18H2,2-4H3,(H,29,33)/t25-/m0/s1. The van der Waals surface area contributed by atoms with Gasteiger partial charge in [-0.05, 0) is 41.5 Å². The average Bonchev–Trinajstić information content (AvgIpc) is 3.15. The van der Waals surface area contributed by atoms with E-state index in [1.165, 1.54) is 11.0 Å². The van der Waals surface area contributed by atoms with Crippen molar-refractivity contribution in [2.24, 2.45) is 5.92 Å². The van der Waals surface area contributed by atoms with Crippen molar-refractivity contribution in [3.8, 4) is 11.1 Å². The van der Waals surface area contributed by atoms with Gasteiger partial charge in [0.2, 0.25) is 5.91 Å². The Bertz CT molecular complexity index is 1020. The number of hydrogen-bond donors (Lipinski definition) is 1. The lowest BCUT2D eigenvalue weighted by Crippen LogP contribution is -2.50. The van der Waals surface area contributed by atoms with Crippen molar-refractivity contribution < 1.29 is 23.9 Å². The molecule has 1 N–H and O–H groups in total. The van der Waals surface area contributed by atoms with Gasteiger partial charge in [0.05, 0.1) is 6.61 Å². The first kappa shape index (κ1) is 26.0. The number of nitrogens with one attached hydrogen (secondary N) is 1. The Morgan fingerprint density at radius 1 is 1.03 bits per heavy atom. The average molecular weight is 479 g/mol. The molecular weight excluding hydrogens is 444 g/mol. The van der Waals surface area contributed by atoms with Gasteiger partial charge < -0.3 is 19.7 Å². The van der Waals surface area contributed by atoms with E-state index >= 15 is 0 Å². The van der Waals surface area contributed by atoms with Gasteiger partial charge in [-0.2, -0.15) is 0 Å². The highest BCUT2D eigenvalue weighted by molar-refractivity contribution is 5.88. The minimum atomic E-state index is -0.833. The molecule has 7 heteroatoms. The van der Waals surface area contributed by atoms with Crippen molar-refractivity contribution in [1.82, 2.24) is 10.2 Å². The molecule has 0 fully saturated rings. The van der Waals surface area contributed by atoms with Gasteiger partial charge in [0.1, 0.15) is 19.2 Å². The fourth-order valence-electron chi connectivity index (χ4n) is 4.45. The van der Waals surface area contributed by atoms with E-state index in [0.717, 1.165) is 22.3 Å². The molecule has 0 bridgehead atoms. The van der Waals surface area contributed by atoms with Crippen LogP contribution in [0, 0.1) is 5.92 Å². The van der Waals surface area contributed by atoms with Gasteiger partial charge >= 0.3 is 12.1 Å². The van der Waals surface area contributed by atoms with Gasteiger partial charge in [-0.3, -0.25) is 9.59 Å². The van der Waals surface area contributed by atoms with Gasteiger partial charge in [0.15, 0.2) is 0 Å². The summed E-state index contributed by atoms with van der Waals surface area (Å²) in [6.07, 6.45) is 1.27. The summed E-state index contributed by atoms with van der Waals surface area (Å²) in [6.45, 7) is 9.63. The van der Waals surface area contributed by atoms with Crippen molar-refractivity contribution in [3.05, 3.63) is 72.3 Å². The Morgan fingerprint density at radius 3 is 2.17 bits per heavy atom. The molecule has 2 amide bonds. The van der Waals surface area contributed by atoms with E-state index in [9.17, 15) is 14.4 Å². The number of benzene rings is 2. The van der Waals surface area contributed by atoms with Crippen molar-refractivity contribution >= 4 is 18.0 Å². The predicted molar refractivity (Wildman–Crippen MR) is 135 cm³/mol. The summed E-state index contributed by atoms with van der Waals surface area (Å²) in [4.78, 5) is 39.4. The van der Waals surface area contributed by atoms with Gasteiger partial charge in [-0.25, -0.2) is 4.79 Å². The molecule has 0 radical (unpaired) electrons. The van der Waals surface area contributed by atoms with Crippen LogP contribution in [-0.4, -0.2) is 55.2 Å². The maximum Gasteiger partial charge on any atom is 0.407 e. The lowest BCUT2D eigenvalue weighted by Gasteiger charge is -2.27. The van der Waals surface area contributed by atoms with Crippen LogP contribution in [0.3, 0.4) is 0 Å². The molecule has 2 aromatic carbocycles. The molecule has 35 heavy (non-hydrogen) atoms. The van der Waals surface area contributed by atoms with Crippen LogP contribution in [0.1, 0.15) is 44.2 Å². The highest BCUT2D eigenvalue weighted by Gasteiger charge is 2.31. The predicted octanol–water partition coefficient (Wildman–Crippen LogP) is 4.52. The number of rotatable bonds is 11. The van der Waals surface area contributed by atoms with Crippen LogP contribution in [0.4, 0.5) is 4.79 Å².